The molecule has 2 heteroatoms. The number of hydrogen-bond acceptors (Lipinski definition) is 2. The molecule has 3 unspecified atom stereocenters. The molecule has 0 aromatic heterocycles. The van der Waals surface area contributed by atoms with E-state index >= 15 is 0 Å². The first kappa shape index (κ1) is 12.7. The summed E-state index contributed by atoms with van der Waals surface area (Å²) in [6, 6.07) is 0. The van der Waals surface area contributed by atoms with E-state index in [0.29, 0.717) is 24.2 Å². The molecule has 0 bridgehead atoms. The first-order valence-electron chi connectivity index (χ1n) is 6.32. The summed E-state index contributed by atoms with van der Waals surface area (Å²) in [7, 11) is 0. The molecule has 0 saturated heterocycles. The highest BCUT2D eigenvalue weighted by atomic mass is 16.1. The maximum Gasteiger partial charge on any atom is 0.140 e. The minimum absolute atomic E-state index is 0.104. The molecule has 0 aromatic rings. The predicted octanol–water partition coefficient (Wildman–Crippen LogP) is 2.61. The summed E-state index contributed by atoms with van der Waals surface area (Å²) < 4.78 is 0. The largest absolute Gasteiger partial charge is 0.330 e. The van der Waals surface area contributed by atoms with E-state index in [0.717, 1.165) is 19.3 Å². The van der Waals surface area contributed by atoms with Crippen LogP contribution in [0.15, 0.2) is 0 Å². The summed E-state index contributed by atoms with van der Waals surface area (Å²) in [5, 5.41) is 0. The number of ketones is 1. The monoisotopic (exact) mass is 211 g/mol. The Kier molecular flexibility index (Phi) is 4.78. The maximum absolute atomic E-state index is 12.2. The number of hydrogen-bond donors (Lipinski definition) is 1. The molecule has 1 rings (SSSR count). The number of carbonyl (C=O) groups is 1. The van der Waals surface area contributed by atoms with Crippen molar-refractivity contribution in [1.29, 1.82) is 0 Å². The SMILES string of the molecule is CCC(CN)C(=O)C1CC(C)CC(C)C1. The smallest absolute Gasteiger partial charge is 0.140 e. The molecule has 0 amide bonds. The maximum atomic E-state index is 12.2. The van der Waals surface area contributed by atoms with Crippen molar-refractivity contribution < 1.29 is 4.79 Å². The fourth-order valence-corrected chi connectivity index (χ4v) is 3.00. The number of carbonyl (C=O) groups excluding carboxylic acids is 1. The summed E-state index contributed by atoms with van der Waals surface area (Å²) >= 11 is 0. The van der Waals surface area contributed by atoms with E-state index in [2.05, 4.69) is 20.8 Å². The van der Waals surface area contributed by atoms with Crippen molar-refractivity contribution in [1.82, 2.24) is 0 Å². The highest BCUT2D eigenvalue weighted by molar-refractivity contribution is 5.83. The van der Waals surface area contributed by atoms with Gasteiger partial charge in [0.25, 0.3) is 0 Å². The minimum atomic E-state index is 0.104. The van der Waals surface area contributed by atoms with Gasteiger partial charge >= 0.3 is 0 Å². The van der Waals surface area contributed by atoms with Gasteiger partial charge in [-0.1, -0.05) is 20.8 Å². The van der Waals surface area contributed by atoms with Crippen LogP contribution in [0.5, 0.6) is 0 Å². The molecule has 1 saturated carbocycles. The van der Waals surface area contributed by atoms with Crippen LogP contribution in [-0.4, -0.2) is 12.3 Å². The van der Waals surface area contributed by atoms with E-state index in [9.17, 15) is 4.79 Å². The van der Waals surface area contributed by atoms with Crippen molar-refractivity contribution in [2.75, 3.05) is 6.54 Å². The second-order valence-electron chi connectivity index (χ2n) is 5.36. The van der Waals surface area contributed by atoms with Gasteiger partial charge in [0.15, 0.2) is 0 Å². The molecule has 1 fully saturated rings. The van der Waals surface area contributed by atoms with Gasteiger partial charge in [0, 0.05) is 18.4 Å². The lowest BCUT2D eigenvalue weighted by Gasteiger charge is -2.32. The molecule has 0 radical (unpaired) electrons. The number of Topliss-reactive ketones (excluding diaryl/α,β-unsaturated/α-hetero) is 1. The van der Waals surface area contributed by atoms with Gasteiger partial charge in [-0.2, -0.15) is 0 Å². The third kappa shape index (κ3) is 3.30. The van der Waals surface area contributed by atoms with Crippen molar-refractivity contribution in [3.05, 3.63) is 0 Å². The van der Waals surface area contributed by atoms with E-state index in [4.69, 9.17) is 5.73 Å². The molecule has 0 aliphatic heterocycles. The van der Waals surface area contributed by atoms with Gasteiger partial charge in [-0.05, 0) is 37.5 Å². The van der Waals surface area contributed by atoms with Crippen LogP contribution < -0.4 is 5.73 Å². The van der Waals surface area contributed by atoms with Crippen molar-refractivity contribution in [3.8, 4) is 0 Å². The molecule has 0 aromatic carbocycles. The average molecular weight is 211 g/mol. The summed E-state index contributed by atoms with van der Waals surface area (Å²) in [6.45, 7) is 7.11. The lowest BCUT2D eigenvalue weighted by atomic mass is 9.72. The fraction of sp³-hybridized carbons (Fsp3) is 0.923. The van der Waals surface area contributed by atoms with Crippen LogP contribution in [0.3, 0.4) is 0 Å². The van der Waals surface area contributed by atoms with E-state index in [1.54, 1.807) is 0 Å². The topological polar surface area (TPSA) is 43.1 Å². The minimum Gasteiger partial charge on any atom is -0.330 e. The first-order valence-corrected chi connectivity index (χ1v) is 6.32. The highest BCUT2D eigenvalue weighted by Crippen LogP contribution is 2.34. The highest BCUT2D eigenvalue weighted by Gasteiger charge is 2.31. The van der Waals surface area contributed by atoms with Gasteiger partial charge in [-0.3, -0.25) is 4.79 Å². The van der Waals surface area contributed by atoms with Crippen molar-refractivity contribution in [3.63, 3.8) is 0 Å². The third-order valence-corrected chi connectivity index (χ3v) is 3.76. The van der Waals surface area contributed by atoms with E-state index in [1.165, 1.54) is 6.42 Å². The average Bonchev–Trinajstić information content (AvgIpc) is 2.18. The van der Waals surface area contributed by atoms with Crippen LogP contribution in [0.4, 0.5) is 0 Å². The van der Waals surface area contributed by atoms with E-state index in [-0.39, 0.29) is 11.8 Å². The molecule has 2 nitrogen and oxygen atoms in total. The van der Waals surface area contributed by atoms with E-state index in [1.807, 2.05) is 0 Å². The van der Waals surface area contributed by atoms with E-state index < -0.39 is 0 Å². The van der Waals surface area contributed by atoms with Gasteiger partial charge in [0.05, 0.1) is 0 Å². The molecular formula is C13H25NO. The Labute approximate surface area is 93.6 Å². The lowest BCUT2D eigenvalue weighted by molar-refractivity contribution is -0.128. The molecule has 0 spiro atoms. The Morgan fingerprint density at radius 2 is 1.80 bits per heavy atom. The number of rotatable bonds is 4. The van der Waals surface area contributed by atoms with Gasteiger partial charge in [0.2, 0.25) is 0 Å². The Balaban J connectivity index is 2.58. The molecule has 1 aliphatic rings. The zero-order chi connectivity index (χ0) is 11.4. The zero-order valence-corrected chi connectivity index (χ0v) is 10.3. The van der Waals surface area contributed by atoms with Gasteiger partial charge in [0.1, 0.15) is 5.78 Å². The standard InChI is InChI=1S/C13H25NO/c1-4-11(8-14)13(15)12-6-9(2)5-10(3)7-12/h9-12H,4-8,14H2,1-3H3. The van der Waals surface area contributed by atoms with Crippen LogP contribution in [0.1, 0.15) is 46.5 Å². The summed E-state index contributed by atoms with van der Waals surface area (Å²) in [6.07, 6.45) is 4.34. The number of nitrogens with two attached hydrogens (primary N) is 1. The Morgan fingerprint density at radius 3 is 2.20 bits per heavy atom. The molecule has 15 heavy (non-hydrogen) atoms. The van der Waals surface area contributed by atoms with Crippen LogP contribution in [0, 0.1) is 23.7 Å². The molecule has 2 N–H and O–H groups in total. The van der Waals surface area contributed by atoms with Crippen molar-refractivity contribution >= 4 is 5.78 Å². The van der Waals surface area contributed by atoms with Crippen molar-refractivity contribution in [2.45, 2.75) is 46.5 Å². The van der Waals surface area contributed by atoms with Crippen molar-refractivity contribution in [2.24, 2.45) is 29.4 Å². The van der Waals surface area contributed by atoms with Gasteiger partial charge in [-0.25, -0.2) is 0 Å². The fourth-order valence-electron chi connectivity index (χ4n) is 3.00. The lowest BCUT2D eigenvalue weighted by Crippen LogP contribution is -2.33. The second kappa shape index (κ2) is 5.64. The predicted molar refractivity (Wildman–Crippen MR) is 63.5 cm³/mol. The quantitative estimate of drug-likeness (QED) is 0.776. The Morgan fingerprint density at radius 1 is 1.27 bits per heavy atom. The summed E-state index contributed by atoms with van der Waals surface area (Å²) in [4.78, 5) is 12.2. The molecular weight excluding hydrogens is 186 g/mol. The van der Waals surface area contributed by atoms with Crippen LogP contribution in [0.2, 0.25) is 0 Å². The summed E-state index contributed by atoms with van der Waals surface area (Å²) in [5.41, 5.74) is 5.64. The molecule has 3 atom stereocenters. The zero-order valence-electron chi connectivity index (χ0n) is 10.3. The molecule has 0 heterocycles. The van der Waals surface area contributed by atoms with Crippen LogP contribution in [0.25, 0.3) is 0 Å². The van der Waals surface area contributed by atoms with Gasteiger partial charge < -0.3 is 5.73 Å². The van der Waals surface area contributed by atoms with Crippen LogP contribution >= 0.6 is 0 Å². The van der Waals surface area contributed by atoms with Crippen LogP contribution in [-0.2, 0) is 4.79 Å². The van der Waals surface area contributed by atoms with Gasteiger partial charge in [-0.15, -0.1) is 0 Å². The molecule has 1 aliphatic carbocycles. The normalized spacial score (nSPS) is 33.7. The first-order chi connectivity index (χ1) is 7.08. The summed E-state index contributed by atoms with van der Waals surface area (Å²) in [5.74, 6) is 2.24. The Bertz CT molecular complexity index is 201. The Hall–Kier alpha value is -0.370. The molecule has 88 valence electrons. The third-order valence-electron chi connectivity index (χ3n) is 3.76. The second-order valence-corrected chi connectivity index (χ2v) is 5.36.